The van der Waals surface area contributed by atoms with Gasteiger partial charge in [0.25, 0.3) is 0 Å². The lowest BCUT2D eigenvalue weighted by atomic mass is 9.96. The number of nitrogens with one attached hydrogen (secondary N) is 1. The fraction of sp³-hybridized carbons (Fsp3) is 0.917. The summed E-state index contributed by atoms with van der Waals surface area (Å²) in [6.45, 7) is 4.45. The molecule has 2 fully saturated rings. The molecule has 0 saturated carbocycles. The highest BCUT2D eigenvalue weighted by molar-refractivity contribution is 5.78. The second-order valence-electron chi connectivity index (χ2n) is 4.81. The maximum Gasteiger partial charge on any atom is 0.225 e. The monoisotopic (exact) mass is 242 g/mol. The number of hydrogen-bond donors (Lipinski definition) is 1. The van der Waals surface area contributed by atoms with Gasteiger partial charge in [-0.25, -0.2) is 0 Å². The molecule has 2 aliphatic rings. The maximum atomic E-state index is 12.2. The topological polar surface area (TPSA) is 50.8 Å². The molecule has 5 nitrogen and oxygen atoms in total. The van der Waals surface area contributed by atoms with E-state index in [0.717, 1.165) is 25.9 Å². The van der Waals surface area contributed by atoms with Crippen LogP contribution in [0.25, 0.3) is 0 Å². The Bertz CT molecular complexity index is 248. The molecule has 98 valence electrons. The normalized spacial score (nSPS) is 26.8. The average molecular weight is 242 g/mol. The van der Waals surface area contributed by atoms with Gasteiger partial charge >= 0.3 is 0 Å². The zero-order chi connectivity index (χ0) is 12.1. The summed E-state index contributed by atoms with van der Waals surface area (Å²) in [5.74, 6) is 0.437. The molecule has 2 saturated heterocycles. The van der Waals surface area contributed by atoms with Crippen molar-refractivity contribution in [3.63, 3.8) is 0 Å². The van der Waals surface area contributed by atoms with E-state index in [0.29, 0.717) is 26.4 Å². The molecule has 0 aromatic rings. The molecule has 2 rings (SSSR count). The number of likely N-dealkylation sites (N-methyl/N-ethyl adjacent to an activating group) is 1. The molecule has 2 heterocycles. The van der Waals surface area contributed by atoms with E-state index in [4.69, 9.17) is 9.47 Å². The molecule has 0 bridgehead atoms. The van der Waals surface area contributed by atoms with Gasteiger partial charge in [-0.2, -0.15) is 0 Å². The molecule has 0 aromatic heterocycles. The van der Waals surface area contributed by atoms with E-state index in [1.54, 1.807) is 4.90 Å². The summed E-state index contributed by atoms with van der Waals surface area (Å²) in [5.41, 5.74) is 0. The van der Waals surface area contributed by atoms with Crippen molar-refractivity contribution in [3.8, 4) is 0 Å². The predicted molar refractivity (Wildman–Crippen MR) is 63.8 cm³/mol. The minimum absolute atomic E-state index is 0.0411. The molecule has 1 unspecified atom stereocenters. The third-order valence-corrected chi connectivity index (χ3v) is 3.43. The highest BCUT2D eigenvalue weighted by Crippen LogP contribution is 2.15. The summed E-state index contributed by atoms with van der Waals surface area (Å²) < 4.78 is 10.9. The van der Waals surface area contributed by atoms with Crippen molar-refractivity contribution in [2.45, 2.75) is 18.9 Å². The number of hydrogen-bond acceptors (Lipinski definition) is 4. The van der Waals surface area contributed by atoms with Crippen LogP contribution in [0.2, 0.25) is 0 Å². The van der Waals surface area contributed by atoms with Crippen molar-refractivity contribution < 1.29 is 14.3 Å². The van der Waals surface area contributed by atoms with Gasteiger partial charge in [0, 0.05) is 19.5 Å². The van der Waals surface area contributed by atoms with Crippen molar-refractivity contribution in [1.82, 2.24) is 10.2 Å². The molecule has 1 N–H and O–H groups in total. The number of amides is 1. The van der Waals surface area contributed by atoms with Crippen LogP contribution in [-0.4, -0.2) is 63.4 Å². The van der Waals surface area contributed by atoms with E-state index in [9.17, 15) is 4.79 Å². The Kier molecular flexibility index (Phi) is 4.76. The van der Waals surface area contributed by atoms with E-state index in [1.165, 1.54) is 0 Å². The fourth-order valence-electron chi connectivity index (χ4n) is 2.42. The summed E-state index contributed by atoms with van der Waals surface area (Å²) in [6, 6.07) is 0. The number of nitrogens with zero attached hydrogens (tertiary/aromatic N) is 1. The largest absolute Gasteiger partial charge is 0.376 e. The van der Waals surface area contributed by atoms with E-state index < -0.39 is 0 Å². The highest BCUT2D eigenvalue weighted by Gasteiger charge is 2.26. The number of piperidine rings is 1. The summed E-state index contributed by atoms with van der Waals surface area (Å²) in [5, 5.41) is 3.27. The lowest BCUT2D eigenvalue weighted by Gasteiger charge is -2.31. The summed E-state index contributed by atoms with van der Waals surface area (Å²) in [6.07, 6.45) is 1.94. The first-order valence-electron chi connectivity index (χ1n) is 6.42. The third-order valence-electron chi connectivity index (χ3n) is 3.43. The van der Waals surface area contributed by atoms with Gasteiger partial charge in [-0.05, 0) is 25.9 Å². The third kappa shape index (κ3) is 3.66. The Labute approximate surface area is 102 Å². The smallest absolute Gasteiger partial charge is 0.225 e. The Morgan fingerprint density at radius 2 is 2.12 bits per heavy atom. The van der Waals surface area contributed by atoms with Gasteiger partial charge in [0.2, 0.25) is 5.91 Å². The molecule has 0 radical (unpaired) electrons. The van der Waals surface area contributed by atoms with Crippen LogP contribution in [0.15, 0.2) is 0 Å². The molecule has 1 atom stereocenters. The van der Waals surface area contributed by atoms with Gasteiger partial charge in [0.05, 0.1) is 25.9 Å². The highest BCUT2D eigenvalue weighted by atomic mass is 16.6. The van der Waals surface area contributed by atoms with Crippen molar-refractivity contribution in [3.05, 3.63) is 0 Å². The average Bonchev–Trinajstić information content (AvgIpc) is 2.40. The molecular formula is C12H22N2O3. The van der Waals surface area contributed by atoms with Crippen LogP contribution in [0.1, 0.15) is 12.8 Å². The second kappa shape index (κ2) is 6.33. The van der Waals surface area contributed by atoms with Crippen LogP contribution in [0.3, 0.4) is 0 Å². The quantitative estimate of drug-likeness (QED) is 0.748. The van der Waals surface area contributed by atoms with E-state index >= 15 is 0 Å². The van der Waals surface area contributed by atoms with Gasteiger partial charge in [-0.15, -0.1) is 0 Å². The van der Waals surface area contributed by atoms with Crippen LogP contribution >= 0.6 is 0 Å². The van der Waals surface area contributed by atoms with Crippen molar-refractivity contribution in [2.75, 3.05) is 46.5 Å². The minimum atomic E-state index is 0.0411. The predicted octanol–water partition coefficient (Wildman–Crippen LogP) is -0.140. The van der Waals surface area contributed by atoms with Crippen LogP contribution in [0.5, 0.6) is 0 Å². The molecule has 0 aliphatic carbocycles. The Morgan fingerprint density at radius 1 is 1.35 bits per heavy atom. The van der Waals surface area contributed by atoms with Crippen molar-refractivity contribution >= 4 is 5.91 Å². The molecule has 5 heteroatoms. The first kappa shape index (κ1) is 12.8. The summed E-state index contributed by atoms with van der Waals surface area (Å²) in [7, 11) is 1.86. The Hall–Kier alpha value is -0.650. The van der Waals surface area contributed by atoms with Crippen LogP contribution in [0.4, 0.5) is 0 Å². The molecular weight excluding hydrogens is 220 g/mol. The molecule has 0 aromatic carbocycles. The summed E-state index contributed by atoms with van der Waals surface area (Å²) >= 11 is 0. The van der Waals surface area contributed by atoms with Crippen molar-refractivity contribution in [2.24, 2.45) is 5.92 Å². The Balaban J connectivity index is 1.77. The number of carbonyl (C=O) groups is 1. The number of carbonyl (C=O) groups excluding carboxylic acids is 1. The lowest BCUT2D eigenvalue weighted by molar-refractivity contribution is -0.141. The fourth-order valence-corrected chi connectivity index (χ4v) is 2.42. The summed E-state index contributed by atoms with van der Waals surface area (Å²) in [4.78, 5) is 14.0. The first-order chi connectivity index (χ1) is 8.27. The van der Waals surface area contributed by atoms with Gasteiger partial charge in [-0.3, -0.25) is 4.79 Å². The molecule has 2 aliphatic heterocycles. The van der Waals surface area contributed by atoms with Crippen LogP contribution < -0.4 is 5.32 Å². The number of ether oxygens (including phenoxy) is 2. The SMILES string of the molecule is CN(CC1COCCO1)C(=O)C1CCNCC1. The van der Waals surface area contributed by atoms with Crippen LogP contribution in [0, 0.1) is 5.92 Å². The Morgan fingerprint density at radius 3 is 2.76 bits per heavy atom. The molecule has 17 heavy (non-hydrogen) atoms. The van der Waals surface area contributed by atoms with Crippen LogP contribution in [-0.2, 0) is 14.3 Å². The van der Waals surface area contributed by atoms with Gasteiger partial charge < -0.3 is 19.7 Å². The second-order valence-corrected chi connectivity index (χ2v) is 4.81. The lowest BCUT2D eigenvalue weighted by Crippen LogP contribution is -2.44. The molecule has 0 spiro atoms. The maximum absolute atomic E-state index is 12.2. The molecule has 1 amide bonds. The zero-order valence-corrected chi connectivity index (χ0v) is 10.5. The van der Waals surface area contributed by atoms with Crippen molar-refractivity contribution in [1.29, 1.82) is 0 Å². The van der Waals surface area contributed by atoms with Gasteiger partial charge in [-0.1, -0.05) is 0 Å². The van der Waals surface area contributed by atoms with E-state index in [-0.39, 0.29) is 17.9 Å². The first-order valence-corrected chi connectivity index (χ1v) is 6.42. The van der Waals surface area contributed by atoms with E-state index in [1.807, 2.05) is 7.05 Å². The minimum Gasteiger partial charge on any atom is -0.376 e. The van der Waals surface area contributed by atoms with E-state index in [2.05, 4.69) is 5.32 Å². The number of rotatable bonds is 3. The zero-order valence-electron chi connectivity index (χ0n) is 10.5. The van der Waals surface area contributed by atoms with Gasteiger partial charge in [0.15, 0.2) is 0 Å². The van der Waals surface area contributed by atoms with Gasteiger partial charge in [0.1, 0.15) is 0 Å². The standard InChI is InChI=1S/C12H22N2O3/c1-14(8-11-9-16-6-7-17-11)12(15)10-2-4-13-5-3-10/h10-11,13H,2-9H2,1H3.